The van der Waals surface area contributed by atoms with Crippen LogP contribution >= 0.6 is 0 Å². The number of esters is 1. The van der Waals surface area contributed by atoms with E-state index in [1.807, 2.05) is 13.8 Å². The maximum absolute atomic E-state index is 12.6. The first-order valence-corrected chi connectivity index (χ1v) is 19.6. The van der Waals surface area contributed by atoms with Crippen LogP contribution in [0.1, 0.15) is 125 Å². The Kier molecular flexibility index (Phi) is 10.1. The van der Waals surface area contributed by atoms with Crippen molar-refractivity contribution >= 4 is 11.7 Å². The van der Waals surface area contributed by atoms with E-state index in [4.69, 9.17) is 23.9 Å². The van der Waals surface area contributed by atoms with E-state index < -0.39 is 29.9 Å². The topological polar surface area (TPSA) is 127 Å². The van der Waals surface area contributed by atoms with Gasteiger partial charge in [-0.2, -0.15) is 0 Å². The van der Waals surface area contributed by atoms with Crippen LogP contribution < -0.4 is 0 Å². The van der Waals surface area contributed by atoms with E-state index in [-0.39, 0.29) is 41.5 Å². The van der Waals surface area contributed by atoms with E-state index in [1.165, 1.54) is 16.9 Å². The summed E-state index contributed by atoms with van der Waals surface area (Å²) >= 11 is 0. The zero-order valence-electron chi connectivity index (χ0n) is 31.0. The number of fused-ring (bicyclic) bond motifs is 2. The monoisotopic (exact) mass is 695 g/mol. The Morgan fingerprint density at radius 3 is 2.48 bits per heavy atom. The Morgan fingerprint density at radius 1 is 0.920 bits per heavy atom. The largest absolute Gasteiger partial charge is 0.458 e. The fraction of sp³-hybridized carbons (Fsp3) is 0.805. The number of carbonyl (C=O) groups excluding carboxylic acids is 1. The molecule has 4 saturated heterocycles. The molecule has 3 spiro atoms. The van der Waals surface area contributed by atoms with Crippen LogP contribution in [0.3, 0.4) is 0 Å². The SMILES string of the molecule is C=C1CCCC2=NCC(C)C(C)CC23CCC(C2CC(C)C(=O)O2)=C(C)C3/C=C(\C)C(O)CC2CCC3(CCC4(OC(C1)CC(O)C4O)O3)O2. The smallest absolute Gasteiger partial charge is 0.309 e. The van der Waals surface area contributed by atoms with Crippen LogP contribution in [-0.2, 0) is 23.7 Å². The van der Waals surface area contributed by atoms with Crippen molar-refractivity contribution in [3.05, 3.63) is 34.9 Å². The zero-order chi connectivity index (χ0) is 35.6. The van der Waals surface area contributed by atoms with Gasteiger partial charge in [-0.05, 0) is 88.2 Å². The quantitative estimate of drug-likeness (QED) is 0.210. The van der Waals surface area contributed by atoms with Crippen LogP contribution in [0.4, 0.5) is 0 Å². The van der Waals surface area contributed by atoms with E-state index in [1.54, 1.807) is 0 Å². The number of ether oxygens (including phenoxy) is 4. The number of aliphatic hydroxyl groups is 3. The van der Waals surface area contributed by atoms with Gasteiger partial charge in [-0.15, -0.1) is 0 Å². The minimum absolute atomic E-state index is 0.0248. The molecule has 0 radical (unpaired) electrons. The second-order valence-corrected chi connectivity index (χ2v) is 17.4. The molecule has 7 aliphatic rings. The van der Waals surface area contributed by atoms with Gasteiger partial charge < -0.3 is 34.3 Å². The molecule has 13 unspecified atom stereocenters. The molecule has 4 bridgehead atoms. The van der Waals surface area contributed by atoms with Gasteiger partial charge in [0.05, 0.1) is 30.3 Å². The van der Waals surface area contributed by atoms with Crippen molar-refractivity contribution < 1.29 is 39.1 Å². The van der Waals surface area contributed by atoms with Crippen LogP contribution in [0.15, 0.2) is 39.9 Å². The van der Waals surface area contributed by atoms with Crippen molar-refractivity contribution in [3.63, 3.8) is 0 Å². The number of hydrogen-bond acceptors (Lipinski definition) is 9. The van der Waals surface area contributed by atoms with Crippen LogP contribution in [0, 0.1) is 29.1 Å². The van der Waals surface area contributed by atoms with Crippen molar-refractivity contribution in [2.75, 3.05) is 6.54 Å². The first-order valence-electron chi connectivity index (χ1n) is 19.6. The molecule has 0 aromatic heterocycles. The van der Waals surface area contributed by atoms with Crippen molar-refractivity contribution in [3.8, 4) is 0 Å². The molecule has 9 nitrogen and oxygen atoms in total. The first-order chi connectivity index (χ1) is 23.7. The lowest BCUT2D eigenvalue weighted by Gasteiger charge is -2.47. The predicted molar refractivity (Wildman–Crippen MR) is 190 cm³/mol. The van der Waals surface area contributed by atoms with Gasteiger partial charge in [-0.3, -0.25) is 9.79 Å². The summed E-state index contributed by atoms with van der Waals surface area (Å²) < 4.78 is 25.7. The van der Waals surface area contributed by atoms with Gasteiger partial charge in [0.2, 0.25) is 5.79 Å². The molecule has 6 aliphatic heterocycles. The standard InChI is InChI=1S/C41H61NO8/c1-23-8-7-9-36-39(21-26(4)27(5)22-42-36)12-11-31(35-18-25(3)38(46)47-35)28(6)32(39)17-24(2)33(43)19-29-10-13-40(48-29)14-15-41(50-40)37(45)34(44)20-30(16-23)49-41/h17,25-27,29-30,32-35,37,43-45H,1,7-16,18-22H2,2-6H3/b24-17+. The van der Waals surface area contributed by atoms with Crippen LogP contribution in [0.2, 0.25) is 0 Å². The average Bonchev–Trinajstić information content (AvgIpc) is 3.71. The van der Waals surface area contributed by atoms with Crippen molar-refractivity contribution in [1.29, 1.82) is 0 Å². The highest BCUT2D eigenvalue weighted by atomic mass is 16.8. The number of allylic oxidation sites excluding steroid dienone is 2. The molecular formula is C41H61NO8. The third kappa shape index (κ3) is 6.62. The molecule has 50 heavy (non-hydrogen) atoms. The van der Waals surface area contributed by atoms with Gasteiger partial charge in [0.1, 0.15) is 12.2 Å². The summed E-state index contributed by atoms with van der Waals surface area (Å²) in [5, 5.41) is 33.9. The number of rotatable bonds is 1. The number of carbonyl (C=O) groups is 1. The van der Waals surface area contributed by atoms with Crippen LogP contribution in [-0.4, -0.2) is 81.7 Å². The van der Waals surface area contributed by atoms with Crippen molar-refractivity contribution in [2.24, 2.45) is 34.1 Å². The highest BCUT2D eigenvalue weighted by Crippen LogP contribution is 2.55. The molecule has 9 heteroatoms. The zero-order valence-corrected chi connectivity index (χ0v) is 31.0. The Hall–Kier alpha value is -1.88. The summed E-state index contributed by atoms with van der Waals surface area (Å²) in [6, 6.07) is 0. The lowest BCUT2D eigenvalue weighted by molar-refractivity contribution is -0.375. The van der Waals surface area contributed by atoms with E-state index in [9.17, 15) is 20.1 Å². The third-order valence-electron chi connectivity index (χ3n) is 13.9. The summed E-state index contributed by atoms with van der Waals surface area (Å²) in [5.41, 5.74) is 5.58. The minimum atomic E-state index is -1.31. The van der Waals surface area contributed by atoms with Crippen molar-refractivity contribution in [2.45, 2.75) is 173 Å². The van der Waals surface area contributed by atoms with Gasteiger partial charge in [0, 0.05) is 62.1 Å². The van der Waals surface area contributed by atoms with Crippen LogP contribution in [0.5, 0.6) is 0 Å². The maximum Gasteiger partial charge on any atom is 0.309 e. The molecule has 13 atom stereocenters. The number of hydrogen-bond donors (Lipinski definition) is 3. The molecule has 3 N–H and O–H groups in total. The normalized spacial score (nSPS) is 48.6. The number of aliphatic imine (C=N–C) groups is 1. The second-order valence-electron chi connectivity index (χ2n) is 17.4. The molecule has 278 valence electrons. The van der Waals surface area contributed by atoms with Gasteiger partial charge in [-0.1, -0.05) is 44.6 Å². The molecule has 0 aromatic rings. The number of cyclic esters (lactones) is 1. The van der Waals surface area contributed by atoms with Gasteiger partial charge in [0.25, 0.3) is 0 Å². The molecule has 4 fully saturated rings. The first kappa shape index (κ1) is 36.5. The summed E-state index contributed by atoms with van der Waals surface area (Å²) in [4.78, 5) is 18.0. The lowest BCUT2D eigenvalue weighted by Crippen LogP contribution is -2.58. The van der Waals surface area contributed by atoms with E-state index in [0.717, 1.165) is 69.1 Å². The van der Waals surface area contributed by atoms with E-state index >= 15 is 0 Å². The predicted octanol–water partition coefficient (Wildman–Crippen LogP) is 6.49. The molecule has 7 rings (SSSR count). The van der Waals surface area contributed by atoms with Crippen LogP contribution in [0.25, 0.3) is 0 Å². The van der Waals surface area contributed by atoms with E-state index in [2.05, 4.69) is 33.4 Å². The summed E-state index contributed by atoms with van der Waals surface area (Å²) in [6.45, 7) is 16.2. The number of aliphatic hydroxyl groups excluding tert-OH is 3. The average molecular weight is 696 g/mol. The summed E-state index contributed by atoms with van der Waals surface area (Å²) in [7, 11) is 0. The Balaban J connectivity index is 1.26. The Bertz CT molecular complexity index is 1440. The molecule has 0 amide bonds. The maximum atomic E-state index is 12.6. The minimum Gasteiger partial charge on any atom is -0.458 e. The number of nitrogens with zero attached hydrogens (tertiary/aromatic N) is 1. The Labute approximate surface area is 298 Å². The highest BCUT2D eigenvalue weighted by molar-refractivity contribution is 5.92. The van der Waals surface area contributed by atoms with E-state index in [0.29, 0.717) is 50.4 Å². The molecule has 0 saturated carbocycles. The van der Waals surface area contributed by atoms with Gasteiger partial charge in [0.15, 0.2) is 5.79 Å². The Morgan fingerprint density at radius 2 is 1.72 bits per heavy atom. The van der Waals surface area contributed by atoms with Gasteiger partial charge in [-0.25, -0.2) is 0 Å². The highest BCUT2D eigenvalue weighted by Gasteiger charge is 2.61. The molecule has 1 aliphatic carbocycles. The molecular weight excluding hydrogens is 634 g/mol. The van der Waals surface area contributed by atoms with Gasteiger partial charge >= 0.3 is 5.97 Å². The fourth-order valence-electron chi connectivity index (χ4n) is 10.6. The second kappa shape index (κ2) is 13.8. The fourth-order valence-corrected chi connectivity index (χ4v) is 10.6. The third-order valence-corrected chi connectivity index (χ3v) is 13.9. The summed E-state index contributed by atoms with van der Waals surface area (Å²) in [5.74, 6) is -1.46. The lowest BCUT2D eigenvalue weighted by atomic mass is 9.56. The molecule has 6 heterocycles. The van der Waals surface area contributed by atoms with Crippen molar-refractivity contribution in [1.82, 2.24) is 0 Å². The summed E-state index contributed by atoms with van der Waals surface area (Å²) in [6.07, 6.45) is 8.66. The molecule has 0 aromatic carbocycles.